The molecule has 0 saturated heterocycles. The molecule has 0 aliphatic carbocycles. The van der Waals surface area contributed by atoms with Gasteiger partial charge >= 0.3 is 5.97 Å². The van der Waals surface area contributed by atoms with Crippen LogP contribution in [0.25, 0.3) is 0 Å². The lowest BCUT2D eigenvalue weighted by atomic mass is 10.2. The largest absolute Gasteiger partial charge is 0.469 e. The Bertz CT molecular complexity index is 406. The highest BCUT2D eigenvalue weighted by Gasteiger charge is 2.07. The minimum Gasteiger partial charge on any atom is -0.469 e. The van der Waals surface area contributed by atoms with Crippen LogP contribution in [0.1, 0.15) is 23.1 Å². The van der Waals surface area contributed by atoms with E-state index in [0.717, 1.165) is 17.8 Å². The molecule has 0 bridgehead atoms. The Labute approximate surface area is 106 Å². The van der Waals surface area contributed by atoms with E-state index in [-0.39, 0.29) is 12.0 Å². The van der Waals surface area contributed by atoms with Gasteiger partial charge in [-0.1, -0.05) is 12.8 Å². The molecule has 1 aromatic heterocycles. The van der Waals surface area contributed by atoms with E-state index >= 15 is 0 Å². The van der Waals surface area contributed by atoms with Crippen LogP contribution in [0, 0.1) is 12.3 Å². The number of terminal acetylenes is 1. The van der Waals surface area contributed by atoms with Gasteiger partial charge in [0.15, 0.2) is 0 Å². The van der Waals surface area contributed by atoms with Crippen LogP contribution in [0.3, 0.4) is 0 Å². The molecule has 1 unspecified atom stereocenters. The molecule has 0 amide bonds. The summed E-state index contributed by atoms with van der Waals surface area (Å²) >= 11 is 1.61. The first-order chi connectivity index (χ1) is 8.19. The van der Waals surface area contributed by atoms with Crippen molar-refractivity contribution in [1.29, 1.82) is 0 Å². The summed E-state index contributed by atoms with van der Waals surface area (Å²) in [4.78, 5) is 13.3. The van der Waals surface area contributed by atoms with E-state index in [9.17, 15) is 4.79 Å². The molecule has 3 nitrogen and oxygen atoms in total. The first kappa shape index (κ1) is 13.8. The molecule has 0 aliphatic heterocycles. The third kappa shape index (κ3) is 4.59. The van der Waals surface area contributed by atoms with E-state index in [2.05, 4.69) is 22.9 Å². The Hall–Kier alpha value is -1.31. The lowest BCUT2D eigenvalue weighted by Gasteiger charge is -2.08. The monoisotopic (exact) mass is 251 g/mol. The number of nitrogens with one attached hydrogen (secondary N) is 1. The number of carbonyl (C=O) groups excluding carboxylic acids is 1. The van der Waals surface area contributed by atoms with E-state index < -0.39 is 0 Å². The van der Waals surface area contributed by atoms with E-state index in [1.807, 2.05) is 12.1 Å². The van der Waals surface area contributed by atoms with Crippen LogP contribution < -0.4 is 5.32 Å². The fourth-order valence-electron chi connectivity index (χ4n) is 1.37. The predicted octanol–water partition coefficient (Wildman–Crippen LogP) is 1.97. The van der Waals surface area contributed by atoms with Gasteiger partial charge in [-0.05, 0) is 18.6 Å². The Morgan fingerprint density at radius 1 is 1.59 bits per heavy atom. The number of hydrogen-bond acceptors (Lipinski definition) is 4. The van der Waals surface area contributed by atoms with Crippen LogP contribution in [-0.2, 0) is 22.5 Å². The quantitative estimate of drug-likeness (QED) is 0.620. The molecule has 1 N–H and O–H groups in total. The second-order valence-electron chi connectivity index (χ2n) is 3.63. The van der Waals surface area contributed by atoms with Gasteiger partial charge in [-0.2, -0.15) is 0 Å². The summed E-state index contributed by atoms with van der Waals surface area (Å²) in [6.07, 6.45) is 6.62. The minimum atomic E-state index is -0.207. The van der Waals surface area contributed by atoms with Crippen molar-refractivity contribution in [1.82, 2.24) is 5.32 Å². The summed E-state index contributed by atoms with van der Waals surface area (Å²) in [6.45, 7) is 2.79. The fraction of sp³-hybridized carbons (Fsp3) is 0.462. The highest BCUT2D eigenvalue weighted by atomic mass is 32.1. The van der Waals surface area contributed by atoms with Gasteiger partial charge in [0.1, 0.15) is 0 Å². The van der Waals surface area contributed by atoms with Crippen molar-refractivity contribution < 1.29 is 9.53 Å². The average Bonchev–Trinajstić information content (AvgIpc) is 2.78. The standard InChI is InChI=1S/C13H17NO2S/c1-4-10(5-2)14-9-12-7-6-11(17-12)8-13(15)16-3/h1,6-7,10,14H,5,8-9H2,2-3H3. The molecule has 0 radical (unpaired) electrons. The van der Waals surface area contributed by atoms with Gasteiger partial charge in [-0.3, -0.25) is 10.1 Å². The van der Waals surface area contributed by atoms with Gasteiger partial charge in [0.25, 0.3) is 0 Å². The number of esters is 1. The maximum Gasteiger partial charge on any atom is 0.310 e. The van der Waals surface area contributed by atoms with Crippen molar-refractivity contribution in [2.75, 3.05) is 7.11 Å². The number of ether oxygens (including phenoxy) is 1. The van der Waals surface area contributed by atoms with Gasteiger partial charge in [-0.15, -0.1) is 17.8 Å². The highest BCUT2D eigenvalue weighted by Crippen LogP contribution is 2.17. The highest BCUT2D eigenvalue weighted by molar-refractivity contribution is 7.12. The van der Waals surface area contributed by atoms with Crippen LogP contribution in [-0.4, -0.2) is 19.1 Å². The van der Waals surface area contributed by atoms with E-state index in [0.29, 0.717) is 6.42 Å². The number of rotatable bonds is 6. The van der Waals surface area contributed by atoms with E-state index in [4.69, 9.17) is 6.42 Å². The second kappa shape index (κ2) is 7.10. The Balaban J connectivity index is 2.46. The van der Waals surface area contributed by atoms with E-state index in [1.165, 1.54) is 12.0 Å². The normalized spacial score (nSPS) is 11.8. The summed E-state index contributed by atoms with van der Waals surface area (Å²) in [5.41, 5.74) is 0. The zero-order valence-corrected chi connectivity index (χ0v) is 11.0. The molecule has 1 rings (SSSR count). The van der Waals surface area contributed by atoms with E-state index in [1.54, 1.807) is 11.3 Å². The molecule has 1 heterocycles. The predicted molar refractivity (Wildman–Crippen MR) is 69.8 cm³/mol. The van der Waals surface area contributed by atoms with Gasteiger partial charge in [0, 0.05) is 16.3 Å². The first-order valence-corrected chi connectivity index (χ1v) is 6.35. The Morgan fingerprint density at radius 2 is 2.29 bits per heavy atom. The molecule has 0 aromatic carbocycles. The van der Waals surface area contributed by atoms with Crippen LogP contribution in [0.2, 0.25) is 0 Å². The number of thiophene rings is 1. The molecule has 17 heavy (non-hydrogen) atoms. The maximum absolute atomic E-state index is 11.1. The summed E-state index contributed by atoms with van der Waals surface area (Å²) in [7, 11) is 1.40. The van der Waals surface area contributed by atoms with Crippen LogP contribution in [0.4, 0.5) is 0 Å². The van der Waals surface area contributed by atoms with Gasteiger partial charge in [-0.25, -0.2) is 0 Å². The van der Waals surface area contributed by atoms with Gasteiger partial charge in [0.2, 0.25) is 0 Å². The number of carbonyl (C=O) groups is 1. The third-order valence-electron chi connectivity index (χ3n) is 2.40. The summed E-state index contributed by atoms with van der Waals surface area (Å²) in [5, 5.41) is 3.27. The average molecular weight is 251 g/mol. The van der Waals surface area contributed by atoms with Crippen molar-refractivity contribution in [2.24, 2.45) is 0 Å². The smallest absolute Gasteiger partial charge is 0.310 e. The molecule has 0 fully saturated rings. The molecule has 0 spiro atoms. The van der Waals surface area contributed by atoms with Gasteiger partial charge < -0.3 is 4.74 Å². The Kier molecular flexibility index (Phi) is 5.75. The third-order valence-corrected chi connectivity index (χ3v) is 3.48. The molecule has 1 aromatic rings. The van der Waals surface area contributed by atoms with Crippen molar-refractivity contribution in [2.45, 2.75) is 32.4 Å². The SMILES string of the molecule is C#CC(CC)NCc1ccc(CC(=O)OC)s1. The van der Waals surface area contributed by atoms with Crippen molar-refractivity contribution in [3.8, 4) is 12.3 Å². The Morgan fingerprint density at radius 3 is 2.88 bits per heavy atom. The van der Waals surface area contributed by atoms with Crippen LogP contribution in [0.15, 0.2) is 12.1 Å². The molecule has 92 valence electrons. The zero-order chi connectivity index (χ0) is 12.7. The van der Waals surface area contributed by atoms with Gasteiger partial charge in [0.05, 0.1) is 19.6 Å². The summed E-state index contributed by atoms with van der Waals surface area (Å²) < 4.78 is 4.62. The lowest BCUT2D eigenvalue weighted by Crippen LogP contribution is -2.25. The first-order valence-electron chi connectivity index (χ1n) is 5.53. The van der Waals surface area contributed by atoms with Crippen molar-refractivity contribution in [3.63, 3.8) is 0 Å². The molecular formula is C13H17NO2S. The lowest BCUT2D eigenvalue weighted by molar-refractivity contribution is -0.139. The number of hydrogen-bond donors (Lipinski definition) is 1. The summed E-state index contributed by atoms with van der Waals surface area (Å²) in [6, 6.07) is 4.08. The molecule has 0 saturated carbocycles. The number of methoxy groups -OCH3 is 1. The summed E-state index contributed by atoms with van der Waals surface area (Å²) in [5.74, 6) is 2.48. The topological polar surface area (TPSA) is 38.3 Å². The molecule has 1 atom stereocenters. The second-order valence-corrected chi connectivity index (χ2v) is 4.88. The van der Waals surface area contributed by atoms with Crippen LogP contribution in [0.5, 0.6) is 0 Å². The maximum atomic E-state index is 11.1. The zero-order valence-electron chi connectivity index (χ0n) is 10.2. The minimum absolute atomic E-state index is 0.112. The fourth-order valence-corrected chi connectivity index (χ4v) is 2.33. The molecular weight excluding hydrogens is 234 g/mol. The van der Waals surface area contributed by atoms with Crippen LogP contribution >= 0.6 is 11.3 Å². The van der Waals surface area contributed by atoms with Crippen molar-refractivity contribution >= 4 is 17.3 Å². The molecule has 0 aliphatic rings. The molecule has 4 heteroatoms. The van der Waals surface area contributed by atoms with Crippen molar-refractivity contribution in [3.05, 3.63) is 21.9 Å².